The van der Waals surface area contributed by atoms with Crippen LogP contribution < -0.4 is 11.1 Å². The zero-order chi connectivity index (χ0) is 12.7. The first kappa shape index (κ1) is 14.9. The molecule has 0 amide bonds. The van der Waals surface area contributed by atoms with Gasteiger partial charge in [-0.05, 0) is 39.3 Å². The second-order valence-electron chi connectivity index (χ2n) is 5.71. The molecule has 1 saturated carbocycles. The largest absolute Gasteiger partial charge is 0.378 e. The maximum absolute atomic E-state index is 5.73. The molecule has 0 spiro atoms. The number of nitrogens with two attached hydrogens (primary N) is 1. The number of hydrogen-bond acceptors (Lipinski definition) is 3. The lowest BCUT2D eigenvalue weighted by atomic mass is 9.64. The highest BCUT2D eigenvalue weighted by Crippen LogP contribution is 2.42. The highest BCUT2D eigenvalue weighted by atomic mass is 16.5. The minimum absolute atomic E-state index is 0.299. The molecule has 2 atom stereocenters. The van der Waals surface area contributed by atoms with E-state index < -0.39 is 0 Å². The van der Waals surface area contributed by atoms with Crippen molar-refractivity contribution >= 4 is 0 Å². The Hall–Kier alpha value is -0.120. The van der Waals surface area contributed by atoms with Crippen molar-refractivity contribution < 1.29 is 4.74 Å². The van der Waals surface area contributed by atoms with Crippen molar-refractivity contribution in [2.24, 2.45) is 11.1 Å². The van der Waals surface area contributed by atoms with Gasteiger partial charge in [0.05, 0.1) is 6.10 Å². The molecule has 3 heteroatoms. The molecule has 0 aromatic heterocycles. The Morgan fingerprint density at radius 3 is 2.53 bits per heavy atom. The monoisotopic (exact) mass is 242 g/mol. The number of rotatable bonds is 9. The van der Waals surface area contributed by atoms with Gasteiger partial charge in [0, 0.05) is 18.1 Å². The van der Waals surface area contributed by atoms with Gasteiger partial charge in [-0.25, -0.2) is 0 Å². The summed E-state index contributed by atoms with van der Waals surface area (Å²) >= 11 is 0. The van der Waals surface area contributed by atoms with Gasteiger partial charge in [-0.1, -0.05) is 26.7 Å². The van der Waals surface area contributed by atoms with Crippen LogP contribution in [-0.4, -0.2) is 31.8 Å². The smallest absolute Gasteiger partial charge is 0.0655 e. The maximum Gasteiger partial charge on any atom is 0.0655 e. The van der Waals surface area contributed by atoms with E-state index in [9.17, 15) is 0 Å². The summed E-state index contributed by atoms with van der Waals surface area (Å²) in [6.07, 6.45) is 6.62. The Morgan fingerprint density at radius 1 is 1.24 bits per heavy atom. The lowest BCUT2D eigenvalue weighted by Crippen LogP contribution is -2.61. The summed E-state index contributed by atoms with van der Waals surface area (Å²) < 4.78 is 5.73. The molecular weight excluding hydrogens is 212 g/mol. The van der Waals surface area contributed by atoms with Crippen LogP contribution >= 0.6 is 0 Å². The van der Waals surface area contributed by atoms with Crippen LogP contribution in [0.1, 0.15) is 52.9 Å². The van der Waals surface area contributed by atoms with E-state index in [2.05, 4.69) is 26.1 Å². The van der Waals surface area contributed by atoms with Gasteiger partial charge >= 0.3 is 0 Å². The van der Waals surface area contributed by atoms with Crippen LogP contribution in [0.5, 0.6) is 0 Å². The molecule has 0 radical (unpaired) electrons. The van der Waals surface area contributed by atoms with Crippen LogP contribution in [0.3, 0.4) is 0 Å². The highest BCUT2D eigenvalue weighted by molar-refractivity contribution is 5.02. The van der Waals surface area contributed by atoms with Gasteiger partial charge in [0.1, 0.15) is 0 Å². The minimum Gasteiger partial charge on any atom is -0.378 e. The first-order valence-electron chi connectivity index (χ1n) is 7.18. The lowest BCUT2D eigenvalue weighted by Gasteiger charge is -2.52. The second-order valence-corrected chi connectivity index (χ2v) is 5.71. The van der Waals surface area contributed by atoms with Crippen molar-refractivity contribution in [2.75, 3.05) is 19.7 Å². The van der Waals surface area contributed by atoms with Crippen molar-refractivity contribution in [1.29, 1.82) is 0 Å². The first-order valence-corrected chi connectivity index (χ1v) is 7.18. The fourth-order valence-corrected chi connectivity index (χ4v) is 2.62. The lowest BCUT2D eigenvalue weighted by molar-refractivity contribution is -0.113. The Morgan fingerprint density at radius 2 is 1.94 bits per heavy atom. The molecule has 0 aromatic rings. The van der Waals surface area contributed by atoms with Crippen molar-refractivity contribution in [3.8, 4) is 0 Å². The SMILES string of the molecule is CCOC1CC(NCCCCCCN)C1(C)C. The topological polar surface area (TPSA) is 47.3 Å². The van der Waals surface area contributed by atoms with Gasteiger partial charge in [0.25, 0.3) is 0 Å². The van der Waals surface area contributed by atoms with Gasteiger partial charge in [-0.2, -0.15) is 0 Å². The second kappa shape index (κ2) is 7.34. The van der Waals surface area contributed by atoms with Crippen molar-refractivity contribution in [3.63, 3.8) is 0 Å². The predicted octanol–water partition coefficient (Wildman–Crippen LogP) is 2.30. The summed E-state index contributed by atoms with van der Waals surface area (Å²) in [7, 11) is 0. The molecule has 1 rings (SSSR count). The third-order valence-electron chi connectivity index (χ3n) is 4.07. The van der Waals surface area contributed by atoms with Gasteiger partial charge < -0.3 is 15.8 Å². The normalized spacial score (nSPS) is 26.8. The Kier molecular flexibility index (Phi) is 6.45. The summed E-state index contributed by atoms with van der Waals surface area (Å²) in [5.74, 6) is 0. The van der Waals surface area contributed by atoms with Crippen molar-refractivity contribution in [1.82, 2.24) is 5.32 Å². The van der Waals surface area contributed by atoms with Gasteiger partial charge in [-0.3, -0.25) is 0 Å². The summed E-state index contributed by atoms with van der Waals surface area (Å²) in [6.45, 7) is 9.50. The molecule has 3 nitrogen and oxygen atoms in total. The zero-order valence-electron chi connectivity index (χ0n) is 11.8. The molecule has 2 unspecified atom stereocenters. The molecule has 1 aliphatic carbocycles. The third-order valence-corrected chi connectivity index (χ3v) is 4.07. The van der Waals surface area contributed by atoms with E-state index in [4.69, 9.17) is 10.5 Å². The summed E-state index contributed by atoms with van der Waals surface area (Å²) in [4.78, 5) is 0. The summed E-state index contributed by atoms with van der Waals surface area (Å²) in [6, 6.07) is 0.633. The molecule has 3 N–H and O–H groups in total. The van der Waals surface area contributed by atoms with Gasteiger partial charge in [0.15, 0.2) is 0 Å². The van der Waals surface area contributed by atoms with Crippen LogP contribution in [0.25, 0.3) is 0 Å². The zero-order valence-corrected chi connectivity index (χ0v) is 11.8. The average Bonchev–Trinajstić information content (AvgIpc) is 2.31. The van der Waals surface area contributed by atoms with Gasteiger partial charge in [0.2, 0.25) is 0 Å². The standard InChI is InChI=1S/C14H30N2O/c1-4-17-13-11-12(14(13,2)3)16-10-8-6-5-7-9-15/h12-13,16H,4-11,15H2,1-3H3. The molecule has 0 aromatic carbocycles. The molecular formula is C14H30N2O. The van der Waals surface area contributed by atoms with E-state index >= 15 is 0 Å². The summed E-state index contributed by atoms with van der Waals surface area (Å²) in [5.41, 5.74) is 5.77. The van der Waals surface area contributed by atoms with Crippen molar-refractivity contribution in [2.45, 2.75) is 65.0 Å². The van der Waals surface area contributed by atoms with Crippen LogP contribution in [0.4, 0.5) is 0 Å². The first-order chi connectivity index (χ1) is 8.12. The Labute approximate surface area is 106 Å². The number of unbranched alkanes of at least 4 members (excludes halogenated alkanes) is 3. The van der Waals surface area contributed by atoms with E-state index in [1.54, 1.807) is 0 Å². The number of hydrogen-bond donors (Lipinski definition) is 2. The van der Waals surface area contributed by atoms with Crippen LogP contribution in [0.15, 0.2) is 0 Å². The molecule has 1 fully saturated rings. The number of ether oxygens (including phenoxy) is 1. The van der Waals surface area contributed by atoms with E-state index in [-0.39, 0.29) is 0 Å². The van der Waals surface area contributed by atoms with E-state index in [0.29, 0.717) is 17.6 Å². The fourth-order valence-electron chi connectivity index (χ4n) is 2.62. The average molecular weight is 242 g/mol. The van der Waals surface area contributed by atoms with E-state index in [0.717, 1.165) is 19.7 Å². The minimum atomic E-state index is 0.299. The third kappa shape index (κ3) is 4.23. The summed E-state index contributed by atoms with van der Waals surface area (Å²) in [5, 5.41) is 3.66. The fraction of sp³-hybridized carbons (Fsp3) is 1.00. The van der Waals surface area contributed by atoms with Crippen LogP contribution in [0, 0.1) is 5.41 Å². The molecule has 1 aliphatic rings. The predicted molar refractivity (Wildman–Crippen MR) is 73.1 cm³/mol. The van der Waals surface area contributed by atoms with Crippen LogP contribution in [-0.2, 0) is 4.74 Å². The molecule has 102 valence electrons. The molecule has 0 aliphatic heterocycles. The van der Waals surface area contributed by atoms with Crippen LogP contribution in [0.2, 0.25) is 0 Å². The quantitative estimate of drug-likeness (QED) is 0.610. The number of nitrogens with one attached hydrogen (secondary N) is 1. The molecule has 17 heavy (non-hydrogen) atoms. The molecule has 0 saturated heterocycles. The van der Waals surface area contributed by atoms with Gasteiger partial charge in [-0.15, -0.1) is 0 Å². The maximum atomic E-state index is 5.73. The molecule has 0 heterocycles. The highest BCUT2D eigenvalue weighted by Gasteiger charge is 2.48. The van der Waals surface area contributed by atoms with E-state index in [1.165, 1.54) is 32.1 Å². The Balaban J connectivity index is 2.05. The van der Waals surface area contributed by atoms with Crippen molar-refractivity contribution in [3.05, 3.63) is 0 Å². The van der Waals surface area contributed by atoms with E-state index in [1.807, 2.05) is 0 Å². The molecule has 0 bridgehead atoms. The Bertz CT molecular complexity index is 206.